The number of hydrogen-bond donors (Lipinski definition) is 2. The van der Waals surface area contributed by atoms with Crippen molar-refractivity contribution in [2.75, 3.05) is 18.2 Å². The third-order valence-corrected chi connectivity index (χ3v) is 2.53. The monoisotopic (exact) mass is 268 g/mol. The lowest BCUT2D eigenvalue weighted by Gasteiger charge is -2.13. The molecule has 0 heterocycles. The van der Waals surface area contributed by atoms with Gasteiger partial charge in [0, 0.05) is 12.1 Å². The summed E-state index contributed by atoms with van der Waals surface area (Å²) in [6.45, 7) is 0. The van der Waals surface area contributed by atoms with Crippen molar-refractivity contribution in [3.63, 3.8) is 0 Å². The number of ether oxygens (including phenoxy) is 1. The summed E-state index contributed by atoms with van der Waals surface area (Å²) in [7, 11) is 1.36. The minimum atomic E-state index is -0.872. The molecule has 0 aliphatic heterocycles. The van der Waals surface area contributed by atoms with Gasteiger partial charge < -0.3 is 15.8 Å². The molecule has 100 valence electrons. The molecule has 0 saturated carbocycles. The van der Waals surface area contributed by atoms with Crippen LogP contribution in [0.25, 0.3) is 0 Å². The van der Waals surface area contributed by atoms with Crippen LogP contribution in [0.1, 0.15) is 0 Å². The van der Waals surface area contributed by atoms with Crippen molar-refractivity contribution < 1.29 is 17.9 Å². The molecule has 0 aliphatic rings. The van der Waals surface area contributed by atoms with E-state index in [1.54, 1.807) is 0 Å². The highest BCUT2D eigenvalue weighted by molar-refractivity contribution is 5.75. The predicted molar refractivity (Wildman–Crippen MR) is 67.0 cm³/mol. The molecule has 0 saturated heterocycles. The van der Waals surface area contributed by atoms with Crippen molar-refractivity contribution in [3.05, 3.63) is 47.8 Å². The number of hydrogen-bond acceptors (Lipinski definition) is 3. The number of halogens is 3. The molecule has 19 heavy (non-hydrogen) atoms. The van der Waals surface area contributed by atoms with E-state index in [9.17, 15) is 13.2 Å². The Balaban J connectivity index is 2.41. The molecular weight excluding hydrogens is 257 g/mol. The third-order valence-electron chi connectivity index (χ3n) is 2.53. The fraction of sp³-hybridized carbons (Fsp3) is 0.0769. The minimum absolute atomic E-state index is 0.0439. The number of nitrogens with two attached hydrogens (primary N) is 1. The summed E-state index contributed by atoms with van der Waals surface area (Å²) in [6.07, 6.45) is 0. The summed E-state index contributed by atoms with van der Waals surface area (Å²) in [5, 5.41) is 2.70. The lowest BCUT2D eigenvalue weighted by molar-refractivity contribution is 0.413. The molecule has 0 unspecified atom stereocenters. The van der Waals surface area contributed by atoms with E-state index in [1.165, 1.54) is 19.2 Å². The maximum absolute atomic E-state index is 13.3. The highest BCUT2D eigenvalue weighted by Crippen LogP contribution is 2.32. The highest BCUT2D eigenvalue weighted by atomic mass is 19.1. The summed E-state index contributed by atoms with van der Waals surface area (Å²) in [5.41, 5.74) is 5.66. The van der Waals surface area contributed by atoms with Gasteiger partial charge in [-0.2, -0.15) is 0 Å². The second-order valence-electron chi connectivity index (χ2n) is 3.82. The maximum Gasteiger partial charge on any atom is 0.151 e. The van der Waals surface area contributed by atoms with Crippen molar-refractivity contribution in [1.82, 2.24) is 0 Å². The van der Waals surface area contributed by atoms with Gasteiger partial charge in [-0.3, -0.25) is 0 Å². The number of methoxy groups -OCH3 is 1. The first kappa shape index (κ1) is 13.1. The Labute approximate surface area is 107 Å². The quantitative estimate of drug-likeness (QED) is 0.838. The van der Waals surface area contributed by atoms with Gasteiger partial charge in [0.2, 0.25) is 0 Å². The van der Waals surface area contributed by atoms with Crippen LogP contribution < -0.4 is 15.8 Å². The largest absolute Gasteiger partial charge is 0.494 e. The molecule has 0 spiro atoms. The molecule has 0 radical (unpaired) electrons. The van der Waals surface area contributed by atoms with Crippen LogP contribution in [0.3, 0.4) is 0 Å². The van der Waals surface area contributed by atoms with E-state index in [-0.39, 0.29) is 17.1 Å². The average molecular weight is 268 g/mol. The van der Waals surface area contributed by atoms with Crippen LogP contribution in [0.4, 0.5) is 30.2 Å². The highest BCUT2D eigenvalue weighted by Gasteiger charge is 2.11. The van der Waals surface area contributed by atoms with Crippen LogP contribution in [0.2, 0.25) is 0 Å². The van der Waals surface area contributed by atoms with Gasteiger partial charge in [-0.05, 0) is 18.2 Å². The van der Waals surface area contributed by atoms with Crippen LogP contribution in [-0.4, -0.2) is 7.11 Å². The molecule has 6 heteroatoms. The van der Waals surface area contributed by atoms with Gasteiger partial charge in [0.05, 0.1) is 24.2 Å². The van der Waals surface area contributed by atoms with Crippen LogP contribution in [0.15, 0.2) is 30.3 Å². The SMILES string of the molecule is COc1cc(F)ccc1Nc1cc(F)cc(F)c1N. The molecule has 2 aromatic rings. The van der Waals surface area contributed by atoms with Crippen molar-refractivity contribution in [2.45, 2.75) is 0 Å². The normalized spacial score (nSPS) is 10.3. The molecular formula is C13H11F3N2O. The second-order valence-corrected chi connectivity index (χ2v) is 3.82. The van der Waals surface area contributed by atoms with Crippen molar-refractivity contribution in [1.29, 1.82) is 0 Å². The Hall–Kier alpha value is -2.37. The number of rotatable bonds is 3. The zero-order valence-corrected chi connectivity index (χ0v) is 10.0. The van der Waals surface area contributed by atoms with Crippen molar-refractivity contribution >= 4 is 17.1 Å². The van der Waals surface area contributed by atoms with Gasteiger partial charge in [-0.1, -0.05) is 0 Å². The molecule has 0 aromatic heterocycles. The molecule has 0 atom stereocenters. The second kappa shape index (κ2) is 5.09. The van der Waals surface area contributed by atoms with Crippen molar-refractivity contribution in [2.24, 2.45) is 0 Å². The number of benzene rings is 2. The smallest absolute Gasteiger partial charge is 0.151 e. The standard InChI is InChI=1S/C13H11F3N2O/c1-19-12-6-7(14)2-3-10(12)18-11-5-8(15)4-9(16)13(11)17/h2-6,18H,17H2,1H3. The van der Waals surface area contributed by atoms with E-state index in [1.807, 2.05) is 0 Å². The number of anilines is 3. The van der Waals surface area contributed by atoms with Gasteiger partial charge in [-0.25, -0.2) is 13.2 Å². The van der Waals surface area contributed by atoms with E-state index in [4.69, 9.17) is 10.5 Å². The van der Waals surface area contributed by atoms with Crippen LogP contribution in [-0.2, 0) is 0 Å². The van der Waals surface area contributed by atoms with Crippen LogP contribution in [0, 0.1) is 17.5 Å². The van der Waals surface area contributed by atoms with Gasteiger partial charge >= 0.3 is 0 Å². The van der Waals surface area contributed by atoms with Gasteiger partial charge in [0.25, 0.3) is 0 Å². The van der Waals surface area contributed by atoms with E-state index in [0.717, 1.165) is 12.1 Å². The van der Waals surface area contributed by atoms with Crippen molar-refractivity contribution in [3.8, 4) is 5.75 Å². The summed E-state index contributed by atoms with van der Waals surface area (Å²) >= 11 is 0. The van der Waals surface area contributed by atoms with Gasteiger partial charge in [-0.15, -0.1) is 0 Å². The minimum Gasteiger partial charge on any atom is -0.494 e. The van der Waals surface area contributed by atoms with Gasteiger partial charge in [0.1, 0.15) is 17.4 Å². The van der Waals surface area contributed by atoms with E-state index in [2.05, 4.69) is 5.32 Å². The lowest BCUT2D eigenvalue weighted by Crippen LogP contribution is -2.01. The fourth-order valence-electron chi connectivity index (χ4n) is 1.60. The molecule has 0 bridgehead atoms. The summed E-state index contributed by atoms with van der Waals surface area (Å²) in [6, 6.07) is 5.45. The first-order valence-corrected chi connectivity index (χ1v) is 5.36. The van der Waals surface area contributed by atoms with Crippen LogP contribution in [0.5, 0.6) is 5.75 Å². The van der Waals surface area contributed by atoms with E-state index >= 15 is 0 Å². The summed E-state index contributed by atoms with van der Waals surface area (Å²) in [5.74, 6) is -1.93. The Morgan fingerprint density at radius 1 is 1.00 bits per heavy atom. The average Bonchev–Trinajstić information content (AvgIpc) is 2.37. The molecule has 0 amide bonds. The summed E-state index contributed by atoms with van der Waals surface area (Å²) in [4.78, 5) is 0. The number of nitrogen functional groups attached to an aromatic ring is 1. The Morgan fingerprint density at radius 2 is 1.74 bits per heavy atom. The zero-order valence-electron chi connectivity index (χ0n) is 10.0. The lowest BCUT2D eigenvalue weighted by atomic mass is 10.2. The van der Waals surface area contributed by atoms with E-state index in [0.29, 0.717) is 11.8 Å². The Bertz CT molecular complexity index is 617. The molecule has 3 N–H and O–H groups in total. The van der Waals surface area contributed by atoms with Gasteiger partial charge in [0.15, 0.2) is 5.82 Å². The molecule has 0 aliphatic carbocycles. The van der Waals surface area contributed by atoms with Crippen LogP contribution >= 0.6 is 0 Å². The molecule has 3 nitrogen and oxygen atoms in total. The number of nitrogens with one attached hydrogen (secondary N) is 1. The Kier molecular flexibility index (Phi) is 3.50. The maximum atomic E-state index is 13.3. The molecule has 2 aromatic carbocycles. The zero-order chi connectivity index (χ0) is 14.0. The molecule has 2 rings (SSSR count). The topological polar surface area (TPSA) is 47.3 Å². The summed E-state index contributed by atoms with van der Waals surface area (Å²) < 4.78 is 44.4. The third kappa shape index (κ3) is 2.73. The predicted octanol–water partition coefficient (Wildman–Crippen LogP) is 3.44. The Morgan fingerprint density at radius 3 is 2.42 bits per heavy atom. The fourth-order valence-corrected chi connectivity index (χ4v) is 1.60. The molecule has 0 fully saturated rings. The first-order chi connectivity index (χ1) is 9.01. The first-order valence-electron chi connectivity index (χ1n) is 5.36. The van der Waals surface area contributed by atoms with E-state index < -0.39 is 17.5 Å².